The first-order valence-corrected chi connectivity index (χ1v) is 5.04. The van der Waals surface area contributed by atoms with E-state index < -0.39 is 0 Å². The lowest BCUT2D eigenvalue weighted by molar-refractivity contribution is 0.0920. The molecule has 0 saturated heterocycles. The molecule has 0 fully saturated rings. The summed E-state index contributed by atoms with van der Waals surface area (Å²) in [5.41, 5.74) is 0. The molecule has 0 aromatic carbocycles. The zero-order valence-electron chi connectivity index (χ0n) is 8.75. The van der Waals surface area contributed by atoms with Gasteiger partial charge in [0.1, 0.15) is 5.76 Å². The maximum absolute atomic E-state index is 11.5. The van der Waals surface area contributed by atoms with Gasteiger partial charge in [0, 0.05) is 13.7 Å². The molecular weight excluding hydrogens is 218 g/mol. The molecule has 1 N–H and O–H groups in total. The van der Waals surface area contributed by atoms with Gasteiger partial charge in [0.25, 0.3) is 5.91 Å². The van der Waals surface area contributed by atoms with Gasteiger partial charge in [-0.1, -0.05) is 0 Å². The van der Waals surface area contributed by atoms with E-state index in [4.69, 9.17) is 20.8 Å². The molecule has 15 heavy (non-hydrogen) atoms. The average Bonchev–Trinajstić information content (AvgIpc) is 2.62. The van der Waals surface area contributed by atoms with Crippen molar-refractivity contribution in [1.29, 1.82) is 0 Å². The molecule has 1 rings (SSSR count). The number of furan rings is 1. The highest BCUT2D eigenvalue weighted by Gasteiger charge is 2.11. The van der Waals surface area contributed by atoms with Gasteiger partial charge in [-0.2, -0.15) is 0 Å². The third kappa shape index (κ3) is 3.93. The second-order valence-corrected chi connectivity index (χ2v) is 3.79. The Labute approximate surface area is 93.5 Å². The quantitative estimate of drug-likeness (QED) is 0.783. The largest absolute Gasteiger partial charge is 0.456 e. The number of methoxy groups -OCH3 is 1. The van der Waals surface area contributed by atoms with Gasteiger partial charge >= 0.3 is 0 Å². The smallest absolute Gasteiger partial charge is 0.287 e. The molecule has 1 unspecified atom stereocenters. The number of rotatable bonds is 5. The Bertz CT molecular complexity index is 324. The van der Waals surface area contributed by atoms with Crippen molar-refractivity contribution in [1.82, 2.24) is 5.32 Å². The van der Waals surface area contributed by atoms with Crippen molar-refractivity contribution in [3.05, 3.63) is 23.7 Å². The van der Waals surface area contributed by atoms with Crippen molar-refractivity contribution < 1.29 is 13.9 Å². The fraction of sp³-hybridized carbons (Fsp3) is 0.500. The Hall–Kier alpha value is -1.00. The van der Waals surface area contributed by atoms with Crippen LogP contribution in [0.4, 0.5) is 0 Å². The summed E-state index contributed by atoms with van der Waals surface area (Å²) in [6.07, 6.45) is 0. The van der Waals surface area contributed by atoms with Crippen LogP contribution in [0, 0.1) is 6.92 Å². The number of hydrogen-bond donors (Lipinski definition) is 1. The first-order chi connectivity index (χ1) is 7.13. The third-order valence-corrected chi connectivity index (χ3v) is 2.08. The number of nitrogens with one attached hydrogen (secondary N) is 1. The minimum absolute atomic E-state index is 0.227. The number of amides is 1. The molecule has 4 nitrogen and oxygen atoms in total. The van der Waals surface area contributed by atoms with Crippen LogP contribution < -0.4 is 5.32 Å². The van der Waals surface area contributed by atoms with Crippen LogP contribution in [0.15, 0.2) is 16.5 Å². The Morgan fingerprint density at radius 3 is 2.93 bits per heavy atom. The van der Waals surface area contributed by atoms with Crippen molar-refractivity contribution in [2.45, 2.75) is 12.3 Å². The number of carbonyl (C=O) groups is 1. The van der Waals surface area contributed by atoms with Crippen LogP contribution in [0.5, 0.6) is 0 Å². The topological polar surface area (TPSA) is 51.5 Å². The summed E-state index contributed by atoms with van der Waals surface area (Å²) in [5.74, 6) is 0.748. The molecule has 0 spiro atoms. The van der Waals surface area contributed by atoms with Gasteiger partial charge in [-0.3, -0.25) is 4.79 Å². The van der Waals surface area contributed by atoms with E-state index in [1.54, 1.807) is 26.2 Å². The maximum Gasteiger partial charge on any atom is 0.287 e. The predicted molar refractivity (Wildman–Crippen MR) is 57.3 cm³/mol. The molecule has 0 aliphatic carbocycles. The van der Waals surface area contributed by atoms with Crippen molar-refractivity contribution >= 4 is 17.5 Å². The highest BCUT2D eigenvalue weighted by atomic mass is 35.5. The van der Waals surface area contributed by atoms with Gasteiger partial charge in [0.15, 0.2) is 5.76 Å². The molecule has 1 amide bonds. The average molecular weight is 232 g/mol. The number of ether oxygens (including phenoxy) is 1. The SMILES string of the molecule is COCC(Cl)CNC(=O)c1ccc(C)o1. The molecule has 1 heterocycles. The molecule has 0 radical (unpaired) electrons. The number of alkyl halides is 1. The molecule has 0 saturated carbocycles. The highest BCUT2D eigenvalue weighted by Crippen LogP contribution is 2.05. The molecule has 1 aromatic heterocycles. The van der Waals surface area contributed by atoms with Crippen molar-refractivity contribution in [2.75, 3.05) is 20.3 Å². The summed E-state index contributed by atoms with van der Waals surface area (Å²) in [4.78, 5) is 11.5. The monoisotopic (exact) mass is 231 g/mol. The summed E-state index contributed by atoms with van der Waals surface area (Å²) in [5, 5.41) is 2.43. The van der Waals surface area contributed by atoms with E-state index in [0.29, 0.717) is 24.7 Å². The highest BCUT2D eigenvalue weighted by molar-refractivity contribution is 6.21. The zero-order valence-corrected chi connectivity index (χ0v) is 9.50. The van der Waals surface area contributed by atoms with Crippen LogP contribution in [0.25, 0.3) is 0 Å². The summed E-state index contributed by atoms with van der Waals surface area (Å²) >= 11 is 5.85. The van der Waals surface area contributed by atoms with Crippen LogP contribution in [0.1, 0.15) is 16.3 Å². The molecule has 1 aromatic rings. The number of hydrogen-bond acceptors (Lipinski definition) is 3. The fourth-order valence-corrected chi connectivity index (χ4v) is 1.29. The van der Waals surface area contributed by atoms with E-state index >= 15 is 0 Å². The molecule has 5 heteroatoms. The summed E-state index contributed by atoms with van der Waals surface area (Å²) < 4.78 is 9.99. The molecule has 0 aliphatic rings. The van der Waals surface area contributed by atoms with E-state index in [9.17, 15) is 4.79 Å². The second kappa shape index (κ2) is 5.78. The molecule has 84 valence electrons. The first kappa shape index (κ1) is 12.1. The minimum atomic E-state index is -0.259. The standard InChI is InChI=1S/C10H14ClNO3/c1-7-3-4-9(15-7)10(13)12-5-8(11)6-14-2/h3-4,8H,5-6H2,1-2H3,(H,12,13). The minimum Gasteiger partial charge on any atom is -0.456 e. The van der Waals surface area contributed by atoms with E-state index in [0.717, 1.165) is 0 Å². The van der Waals surface area contributed by atoms with Crippen LogP contribution in [0.2, 0.25) is 0 Å². The summed E-state index contributed by atoms with van der Waals surface area (Å²) in [6.45, 7) is 2.54. The number of carbonyl (C=O) groups excluding carboxylic acids is 1. The summed E-state index contributed by atoms with van der Waals surface area (Å²) in [7, 11) is 1.56. The van der Waals surface area contributed by atoms with Crippen LogP contribution >= 0.6 is 11.6 Å². The maximum atomic E-state index is 11.5. The lowest BCUT2D eigenvalue weighted by Gasteiger charge is -2.08. The number of aryl methyl sites for hydroxylation is 1. The van der Waals surface area contributed by atoms with Crippen molar-refractivity contribution in [3.63, 3.8) is 0 Å². The summed E-state index contributed by atoms with van der Waals surface area (Å²) in [6, 6.07) is 3.37. The van der Waals surface area contributed by atoms with Crippen LogP contribution in [-0.4, -0.2) is 31.5 Å². The Morgan fingerprint density at radius 2 is 2.40 bits per heavy atom. The van der Waals surface area contributed by atoms with Crippen molar-refractivity contribution in [2.24, 2.45) is 0 Å². The third-order valence-electron chi connectivity index (χ3n) is 1.80. The zero-order chi connectivity index (χ0) is 11.3. The van der Waals surface area contributed by atoms with Crippen LogP contribution in [0.3, 0.4) is 0 Å². The first-order valence-electron chi connectivity index (χ1n) is 4.61. The Morgan fingerprint density at radius 1 is 1.67 bits per heavy atom. The predicted octanol–water partition coefficient (Wildman–Crippen LogP) is 1.57. The second-order valence-electron chi connectivity index (χ2n) is 3.17. The normalized spacial score (nSPS) is 12.5. The van der Waals surface area contributed by atoms with Gasteiger partial charge in [-0.05, 0) is 19.1 Å². The lowest BCUT2D eigenvalue weighted by atomic mass is 10.4. The molecule has 0 aliphatic heterocycles. The van der Waals surface area contributed by atoms with E-state index in [2.05, 4.69) is 5.32 Å². The molecule has 0 bridgehead atoms. The molecule has 1 atom stereocenters. The Balaban J connectivity index is 2.36. The van der Waals surface area contributed by atoms with Gasteiger partial charge in [0.2, 0.25) is 0 Å². The van der Waals surface area contributed by atoms with Gasteiger partial charge in [0.05, 0.1) is 12.0 Å². The van der Waals surface area contributed by atoms with Gasteiger partial charge in [-0.25, -0.2) is 0 Å². The van der Waals surface area contributed by atoms with Gasteiger partial charge < -0.3 is 14.5 Å². The fourth-order valence-electron chi connectivity index (χ4n) is 1.09. The van der Waals surface area contributed by atoms with Gasteiger partial charge in [-0.15, -0.1) is 11.6 Å². The van der Waals surface area contributed by atoms with Crippen molar-refractivity contribution in [3.8, 4) is 0 Å². The van der Waals surface area contributed by atoms with E-state index in [-0.39, 0.29) is 11.3 Å². The molecular formula is C10H14ClNO3. The van der Waals surface area contributed by atoms with E-state index in [1.807, 2.05) is 0 Å². The lowest BCUT2D eigenvalue weighted by Crippen LogP contribution is -2.31. The van der Waals surface area contributed by atoms with Crippen LogP contribution in [-0.2, 0) is 4.74 Å². The Kier molecular flexibility index (Phi) is 4.65. The number of halogens is 1. The van der Waals surface area contributed by atoms with E-state index in [1.165, 1.54) is 0 Å².